The lowest BCUT2D eigenvalue weighted by Gasteiger charge is -2.34. The Balaban J connectivity index is 2.59. The van der Waals surface area contributed by atoms with E-state index >= 15 is 0 Å². The fourth-order valence-corrected chi connectivity index (χ4v) is 2.68. The normalized spacial score (nSPS) is 29.3. The Bertz CT molecular complexity index is 230. The quantitative estimate of drug-likeness (QED) is 0.709. The van der Waals surface area contributed by atoms with Crippen molar-refractivity contribution in [2.75, 3.05) is 13.2 Å². The van der Waals surface area contributed by atoms with Crippen LogP contribution in [0, 0.1) is 5.92 Å². The van der Waals surface area contributed by atoms with Crippen molar-refractivity contribution in [3.63, 3.8) is 0 Å². The zero-order valence-corrected chi connectivity index (χ0v) is 10.8. The Kier molecular flexibility index (Phi) is 5.26. The molecule has 0 aliphatic heterocycles. The molecule has 2 atom stereocenters. The summed E-state index contributed by atoms with van der Waals surface area (Å²) in [5, 5.41) is 3.58. The molecule has 3 nitrogen and oxygen atoms in total. The van der Waals surface area contributed by atoms with Crippen LogP contribution in [-0.4, -0.2) is 24.7 Å². The molecule has 0 amide bonds. The summed E-state index contributed by atoms with van der Waals surface area (Å²) >= 11 is 0. The van der Waals surface area contributed by atoms with Crippen LogP contribution >= 0.6 is 0 Å². The first-order chi connectivity index (χ1) is 7.64. The third-order valence-corrected chi connectivity index (χ3v) is 3.70. The van der Waals surface area contributed by atoms with Crippen LogP contribution in [-0.2, 0) is 9.53 Å². The second-order valence-electron chi connectivity index (χ2n) is 4.86. The molecule has 0 aromatic heterocycles. The Morgan fingerprint density at radius 3 is 2.75 bits per heavy atom. The summed E-state index contributed by atoms with van der Waals surface area (Å²) in [7, 11) is 0. The zero-order valence-electron chi connectivity index (χ0n) is 10.8. The van der Waals surface area contributed by atoms with Crippen LogP contribution in [0.15, 0.2) is 0 Å². The molecular weight excluding hydrogens is 202 g/mol. The number of hydrogen-bond donors (Lipinski definition) is 1. The zero-order chi connectivity index (χ0) is 12.0. The first-order valence-corrected chi connectivity index (χ1v) is 6.55. The second kappa shape index (κ2) is 6.24. The maximum Gasteiger partial charge on any atom is 0.307 e. The van der Waals surface area contributed by atoms with Gasteiger partial charge in [-0.2, -0.15) is 0 Å². The monoisotopic (exact) mass is 227 g/mol. The molecular formula is C13H25NO2. The van der Waals surface area contributed by atoms with E-state index < -0.39 is 0 Å². The molecule has 0 heterocycles. The molecule has 1 saturated carbocycles. The van der Waals surface area contributed by atoms with Gasteiger partial charge in [0.1, 0.15) is 0 Å². The highest BCUT2D eigenvalue weighted by Gasteiger charge is 2.41. The van der Waals surface area contributed by atoms with Crippen LogP contribution in [0.25, 0.3) is 0 Å². The summed E-state index contributed by atoms with van der Waals surface area (Å²) in [6.07, 6.45) is 5.18. The summed E-state index contributed by atoms with van der Waals surface area (Å²) in [6, 6.07) is 0. The lowest BCUT2D eigenvalue weighted by Crippen LogP contribution is -2.49. The maximum absolute atomic E-state index is 11.7. The summed E-state index contributed by atoms with van der Waals surface area (Å²) < 4.78 is 5.08. The molecule has 16 heavy (non-hydrogen) atoms. The average molecular weight is 227 g/mol. The minimum Gasteiger partial charge on any atom is -0.466 e. The number of carbonyl (C=O) groups is 1. The molecule has 0 saturated heterocycles. The molecule has 3 heteroatoms. The molecule has 1 N–H and O–H groups in total. The molecule has 0 spiro atoms. The summed E-state index contributed by atoms with van der Waals surface area (Å²) in [5.74, 6) is 0.517. The van der Waals surface area contributed by atoms with Gasteiger partial charge in [0.05, 0.1) is 13.0 Å². The van der Waals surface area contributed by atoms with E-state index in [-0.39, 0.29) is 11.5 Å². The van der Waals surface area contributed by atoms with E-state index in [0.717, 1.165) is 19.4 Å². The van der Waals surface area contributed by atoms with Gasteiger partial charge in [-0.25, -0.2) is 0 Å². The first-order valence-electron chi connectivity index (χ1n) is 6.55. The van der Waals surface area contributed by atoms with Gasteiger partial charge in [-0.15, -0.1) is 0 Å². The van der Waals surface area contributed by atoms with Gasteiger partial charge >= 0.3 is 5.97 Å². The highest BCUT2D eigenvalue weighted by Crippen LogP contribution is 2.38. The minimum absolute atomic E-state index is 0.00225. The number of hydrogen-bond acceptors (Lipinski definition) is 3. The van der Waals surface area contributed by atoms with Crippen molar-refractivity contribution in [1.29, 1.82) is 0 Å². The Morgan fingerprint density at radius 2 is 2.25 bits per heavy atom. The molecule has 1 aliphatic rings. The van der Waals surface area contributed by atoms with E-state index in [1.54, 1.807) is 0 Å². The molecule has 0 aromatic rings. The average Bonchev–Trinajstić information content (AvgIpc) is 2.58. The highest BCUT2D eigenvalue weighted by molar-refractivity contribution is 5.71. The van der Waals surface area contributed by atoms with Gasteiger partial charge in [-0.1, -0.05) is 20.3 Å². The van der Waals surface area contributed by atoms with Crippen LogP contribution in [0.4, 0.5) is 0 Å². The Labute approximate surface area is 98.9 Å². The van der Waals surface area contributed by atoms with E-state index in [1.165, 1.54) is 12.8 Å². The predicted molar refractivity (Wildman–Crippen MR) is 65.3 cm³/mol. The van der Waals surface area contributed by atoms with Crippen molar-refractivity contribution in [3.05, 3.63) is 0 Å². The third kappa shape index (κ3) is 3.21. The van der Waals surface area contributed by atoms with Crippen LogP contribution in [0.2, 0.25) is 0 Å². The molecule has 1 rings (SSSR count). The van der Waals surface area contributed by atoms with Crippen LogP contribution in [0.5, 0.6) is 0 Å². The Hall–Kier alpha value is -0.570. The van der Waals surface area contributed by atoms with Crippen molar-refractivity contribution < 1.29 is 9.53 Å². The molecule has 1 fully saturated rings. The van der Waals surface area contributed by atoms with Gasteiger partial charge in [0, 0.05) is 5.54 Å². The van der Waals surface area contributed by atoms with Crippen molar-refractivity contribution in [1.82, 2.24) is 5.32 Å². The lowest BCUT2D eigenvalue weighted by atomic mass is 9.85. The van der Waals surface area contributed by atoms with Gasteiger partial charge in [-0.05, 0) is 38.6 Å². The van der Waals surface area contributed by atoms with Gasteiger partial charge < -0.3 is 10.1 Å². The Morgan fingerprint density at radius 1 is 1.50 bits per heavy atom. The smallest absolute Gasteiger partial charge is 0.307 e. The molecule has 0 bridgehead atoms. The van der Waals surface area contributed by atoms with Gasteiger partial charge in [-0.3, -0.25) is 4.79 Å². The minimum atomic E-state index is -0.0557. The SMILES string of the molecule is CCCNC1(CC(=O)OCC)CCCC1C. The van der Waals surface area contributed by atoms with Crippen LogP contribution < -0.4 is 5.32 Å². The topological polar surface area (TPSA) is 38.3 Å². The molecule has 1 aliphatic carbocycles. The van der Waals surface area contributed by atoms with Crippen LogP contribution in [0.3, 0.4) is 0 Å². The van der Waals surface area contributed by atoms with Crippen molar-refractivity contribution in [2.45, 2.75) is 58.4 Å². The van der Waals surface area contributed by atoms with E-state index in [1.807, 2.05) is 6.92 Å². The number of nitrogens with one attached hydrogen (secondary N) is 1. The third-order valence-electron chi connectivity index (χ3n) is 3.70. The molecule has 2 unspecified atom stereocenters. The number of ether oxygens (including phenoxy) is 1. The highest BCUT2D eigenvalue weighted by atomic mass is 16.5. The van der Waals surface area contributed by atoms with Gasteiger partial charge in [0.15, 0.2) is 0 Å². The standard InChI is InChI=1S/C13H25NO2/c1-4-9-14-13(8-6-7-11(13)3)10-12(15)16-5-2/h11,14H,4-10H2,1-3H3. The molecule has 94 valence electrons. The summed E-state index contributed by atoms with van der Waals surface area (Å²) in [4.78, 5) is 11.7. The van der Waals surface area contributed by atoms with Crippen molar-refractivity contribution in [2.24, 2.45) is 5.92 Å². The van der Waals surface area contributed by atoms with E-state index in [2.05, 4.69) is 19.2 Å². The van der Waals surface area contributed by atoms with E-state index in [4.69, 9.17) is 4.74 Å². The molecule has 0 aromatic carbocycles. The van der Waals surface area contributed by atoms with E-state index in [9.17, 15) is 4.79 Å². The number of carbonyl (C=O) groups excluding carboxylic acids is 1. The number of esters is 1. The van der Waals surface area contributed by atoms with Gasteiger partial charge in [0.2, 0.25) is 0 Å². The van der Waals surface area contributed by atoms with Crippen molar-refractivity contribution in [3.8, 4) is 0 Å². The fourth-order valence-electron chi connectivity index (χ4n) is 2.68. The first kappa shape index (κ1) is 13.5. The largest absolute Gasteiger partial charge is 0.466 e. The summed E-state index contributed by atoms with van der Waals surface area (Å²) in [5.41, 5.74) is 0.00225. The van der Waals surface area contributed by atoms with E-state index in [0.29, 0.717) is 18.9 Å². The molecule has 0 radical (unpaired) electrons. The van der Waals surface area contributed by atoms with Crippen LogP contribution in [0.1, 0.15) is 52.9 Å². The second-order valence-corrected chi connectivity index (χ2v) is 4.86. The van der Waals surface area contributed by atoms with Crippen molar-refractivity contribution >= 4 is 5.97 Å². The van der Waals surface area contributed by atoms with Gasteiger partial charge in [0.25, 0.3) is 0 Å². The predicted octanol–water partition coefficient (Wildman–Crippen LogP) is 2.50. The fraction of sp³-hybridized carbons (Fsp3) is 0.923. The lowest BCUT2D eigenvalue weighted by molar-refractivity contribution is -0.145. The summed E-state index contributed by atoms with van der Waals surface area (Å²) in [6.45, 7) is 7.74. The number of rotatable bonds is 6. The maximum atomic E-state index is 11.7.